The molecule has 0 aliphatic rings. The van der Waals surface area contributed by atoms with Crippen LogP contribution in [0.15, 0.2) is 0 Å². The Hall–Kier alpha value is -1.48. The molecule has 0 aromatic rings. The van der Waals surface area contributed by atoms with Gasteiger partial charge in [-0.25, -0.2) is 0 Å². The maximum atomic E-state index is 10.8. The van der Waals surface area contributed by atoms with Crippen molar-refractivity contribution in [3.63, 3.8) is 0 Å². The number of rotatable bonds is 24. The van der Waals surface area contributed by atoms with Crippen molar-refractivity contribution in [3.8, 4) is 0 Å². The second-order valence-corrected chi connectivity index (χ2v) is 11.9. The van der Waals surface area contributed by atoms with Crippen molar-refractivity contribution in [3.05, 3.63) is 0 Å². The minimum Gasteiger partial charge on any atom is -0.299 e. The molecule has 0 heterocycles. The van der Waals surface area contributed by atoms with Crippen LogP contribution in [-0.2, 0) is 19.2 Å². The maximum absolute atomic E-state index is 10.8. The summed E-state index contributed by atoms with van der Waals surface area (Å²) in [5, 5.41) is 0. The minimum atomic E-state index is 0.270. The van der Waals surface area contributed by atoms with Gasteiger partial charge in [-0.05, 0) is 131 Å². The van der Waals surface area contributed by atoms with Gasteiger partial charge in [0.15, 0.2) is 0 Å². The first-order valence-electron chi connectivity index (χ1n) is 17.7. The summed E-state index contributed by atoms with van der Waals surface area (Å²) >= 11 is 0. The second-order valence-electron chi connectivity index (χ2n) is 11.9. The Morgan fingerprint density at radius 2 is 0.523 bits per heavy atom. The summed E-state index contributed by atoms with van der Waals surface area (Å²) in [6, 6.07) is 0. The van der Waals surface area contributed by atoms with Crippen LogP contribution in [0.2, 0.25) is 0 Å². The van der Waals surface area contributed by atoms with Crippen molar-refractivity contribution >= 4 is 23.1 Å². The molecule has 0 amide bonds. The zero-order valence-electron chi connectivity index (χ0n) is 31.6. The molecule has 0 aromatic heterocycles. The van der Waals surface area contributed by atoms with E-state index in [0.717, 1.165) is 104 Å². The molecule has 8 nitrogen and oxygen atoms in total. The van der Waals surface area contributed by atoms with Crippen LogP contribution in [0.5, 0.6) is 0 Å². The van der Waals surface area contributed by atoms with E-state index in [1.165, 1.54) is 0 Å². The summed E-state index contributed by atoms with van der Waals surface area (Å²) in [6.07, 6.45) is 9.06. The highest BCUT2D eigenvalue weighted by atomic mass is 18.1. The number of carbonyl (C=O) groups is 4. The fourth-order valence-electron chi connectivity index (χ4n) is 4.87. The molecule has 44 heavy (non-hydrogen) atoms. The van der Waals surface area contributed by atoms with Crippen LogP contribution >= 0.6 is 0 Å². The van der Waals surface area contributed by atoms with Gasteiger partial charge in [-0.1, -0.05) is 55.4 Å². The number of hydrogen-bond donors (Lipinski definition) is 0. The first-order chi connectivity index (χ1) is 20.8. The average molecular weight is 637 g/mol. The van der Waals surface area contributed by atoms with Gasteiger partial charge in [0.25, 0.3) is 0 Å². The van der Waals surface area contributed by atoms with Gasteiger partial charge in [0.05, 0.1) is 26.2 Å². The molecule has 0 atom stereocenters. The zero-order valence-corrected chi connectivity index (χ0v) is 31.6. The fraction of sp³-hybridized carbons (Fsp3) is 0.889. The summed E-state index contributed by atoms with van der Waals surface area (Å²) in [4.78, 5) is 51.9. The SMILES string of the molecule is CCCN(CCC)C[13C](C)=O.CCCN(CCC)C[13C](C)=[18O].CCCN(CCC)[13CH2]C(C)=O.CCCN(CCC)[13CH2]C(C)=[18O]. The summed E-state index contributed by atoms with van der Waals surface area (Å²) in [6.45, 7) is 34.6. The van der Waals surface area contributed by atoms with E-state index in [1.807, 2.05) is 0 Å². The van der Waals surface area contributed by atoms with E-state index >= 15 is 0 Å². The monoisotopic (exact) mass is 637 g/mol. The van der Waals surface area contributed by atoms with Crippen molar-refractivity contribution in [2.24, 2.45) is 0 Å². The highest BCUT2D eigenvalue weighted by molar-refractivity contribution is 5.78. The second kappa shape index (κ2) is 37.7. The Morgan fingerprint density at radius 3 is 0.636 bits per heavy atom. The van der Waals surface area contributed by atoms with Gasteiger partial charge >= 0.3 is 0 Å². The Labute approximate surface area is 274 Å². The van der Waals surface area contributed by atoms with Crippen LogP contribution in [0, 0.1) is 0 Å². The summed E-state index contributed by atoms with van der Waals surface area (Å²) in [7, 11) is 0. The lowest BCUT2D eigenvalue weighted by Gasteiger charge is -2.18. The number of Topliss-reactive ketones (excluding diaryl/α,β-unsaturated/α-hetero) is 4. The van der Waals surface area contributed by atoms with E-state index < -0.39 is 0 Å². The van der Waals surface area contributed by atoms with E-state index in [9.17, 15) is 19.2 Å². The number of nitrogens with zero attached hydrogens (tertiary/aromatic N) is 4. The lowest BCUT2D eigenvalue weighted by Crippen LogP contribution is -2.30. The first kappa shape index (κ1) is 49.4. The molecule has 0 aliphatic heterocycles. The smallest absolute Gasteiger partial charge is 0.143 e. The molecular weight excluding hydrogens is 560 g/mol. The third kappa shape index (κ3) is 42.7. The van der Waals surface area contributed by atoms with Gasteiger partial charge in [0.2, 0.25) is 0 Å². The lowest BCUT2D eigenvalue weighted by molar-refractivity contribution is -0.119. The molecule has 8 heteroatoms. The Bertz CT molecular complexity index is 537. The lowest BCUT2D eigenvalue weighted by atomic mass is 10.4. The molecule has 0 unspecified atom stereocenters. The number of hydrogen-bond acceptors (Lipinski definition) is 8. The van der Waals surface area contributed by atoms with Crippen molar-refractivity contribution in [2.45, 2.75) is 134 Å². The summed E-state index contributed by atoms with van der Waals surface area (Å²) in [5.74, 6) is 1.08. The van der Waals surface area contributed by atoms with Gasteiger partial charge in [-0.2, -0.15) is 0 Å². The van der Waals surface area contributed by atoms with Crippen LogP contribution in [0.1, 0.15) is 134 Å². The number of ketones is 4. The zero-order chi connectivity index (χ0) is 34.8. The molecule has 0 rings (SSSR count). The summed E-state index contributed by atoms with van der Waals surface area (Å²) < 4.78 is 0. The van der Waals surface area contributed by atoms with Gasteiger partial charge < -0.3 is 0 Å². The molecule has 0 fully saturated rings. The first-order valence-corrected chi connectivity index (χ1v) is 17.7. The van der Waals surface area contributed by atoms with Gasteiger partial charge in [0.1, 0.15) is 23.1 Å². The van der Waals surface area contributed by atoms with Crippen LogP contribution in [0.4, 0.5) is 0 Å². The molecule has 0 bridgehead atoms. The number of carbonyl (C=O) groups excluding carboxylic acids is 4. The van der Waals surface area contributed by atoms with E-state index in [0.29, 0.717) is 26.2 Å². The van der Waals surface area contributed by atoms with Crippen LogP contribution < -0.4 is 0 Å². The predicted molar refractivity (Wildman–Crippen MR) is 191 cm³/mol. The predicted octanol–water partition coefficient (Wildman–Crippen LogP) is 6.79. The fourth-order valence-corrected chi connectivity index (χ4v) is 4.87. The largest absolute Gasteiger partial charge is 0.299 e. The minimum absolute atomic E-state index is 0.270. The summed E-state index contributed by atoms with van der Waals surface area (Å²) in [5.41, 5.74) is 0. The van der Waals surface area contributed by atoms with E-state index in [1.54, 1.807) is 27.7 Å². The Kier molecular flexibility index (Phi) is 42.3. The molecular formula is C36H76N4O4. The van der Waals surface area contributed by atoms with Crippen molar-refractivity contribution in [1.82, 2.24) is 19.6 Å². The third-order valence-corrected chi connectivity index (χ3v) is 6.10. The van der Waals surface area contributed by atoms with Crippen LogP contribution in [-0.4, -0.2) is 121 Å². The van der Waals surface area contributed by atoms with Gasteiger partial charge in [-0.15, -0.1) is 0 Å². The van der Waals surface area contributed by atoms with E-state index in [-0.39, 0.29) is 23.1 Å². The highest BCUT2D eigenvalue weighted by Crippen LogP contribution is 1.96. The maximum Gasteiger partial charge on any atom is 0.143 e. The third-order valence-electron chi connectivity index (χ3n) is 6.10. The molecule has 0 aliphatic carbocycles. The molecule has 0 spiro atoms. The van der Waals surface area contributed by atoms with Crippen molar-refractivity contribution in [2.75, 3.05) is 78.5 Å². The molecule has 0 saturated carbocycles. The van der Waals surface area contributed by atoms with Gasteiger partial charge in [-0.3, -0.25) is 38.8 Å². The quantitative estimate of drug-likeness (QED) is 0.0847. The molecule has 264 valence electrons. The average Bonchev–Trinajstić information content (AvgIpc) is 2.90. The van der Waals surface area contributed by atoms with Crippen molar-refractivity contribution in [1.29, 1.82) is 0 Å². The standard InChI is InChI=1S/4C9H19NO/c4*1-4-6-10(7-5-2)8-9(3)11/h4*4-8H2,1-3H3/i9+1,11+2;8+1,11+2;9+1;8+1. The normalized spacial score (nSPS) is 10.5. The highest BCUT2D eigenvalue weighted by Gasteiger charge is 2.06. The Morgan fingerprint density at radius 1 is 0.364 bits per heavy atom. The molecule has 0 radical (unpaired) electrons. The van der Waals surface area contributed by atoms with Crippen LogP contribution in [0.3, 0.4) is 0 Å². The van der Waals surface area contributed by atoms with Crippen LogP contribution in [0.25, 0.3) is 0 Å². The van der Waals surface area contributed by atoms with E-state index in [2.05, 4.69) is 75.0 Å². The molecule has 0 saturated heterocycles. The van der Waals surface area contributed by atoms with E-state index in [4.69, 9.17) is 0 Å². The van der Waals surface area contributed by atoms with Crippen molar-refractivity contribution < 1.29 is 19.2 Å². The molecule has 0 aromatic carbocycles. The van der Waals surface area contributed by atoms with Gasteiger partial charge in [0, 0.05) is 0 Å². The Balaban J connectivity index is -0.000000242. The molecule has 0 N–H and O–H groups in total. The topological polar surface area (TPSA) is 81.2 Å².